The second-order valence-electron chi connectivity index (χ2n) is 3.74. The van der Waals surface area contributed by atoms with Gasteiger partial charge in [0.2, 0.25) is 0 Å². The fourth-order valence-electron chi connectivity index (χ4n) is 1.88. The molecule has 0 radical (unpaired) electrons. The molecule has 2 unspecified atom stereocenters. The molecule has 1 aromatic rings. The van der Waals surface area contributed by atoms with Crippen molar-refractivity contribution >= 4 is 0 Å². The van der Waals surface area contributed by atoms with Gasteiger partial charge in [-0.25, -0.2) is 0 Å². The molecule has 4 nitrogen and oxygen atoms in total. The monoisotopic (exact) mass is 196 g/mol. The number of hydrazine groups is 1. The first kappa shape index (κ1) is 9.71. The van der Waals surface area contributed by atoms with Crippen LogP contribution in [0.5, 0.6) is 0 Å². The molecule has 0 amide bonds. The van der Waals surface area contributed by atoms with Crippen LogP contribution in [0.25, 0.3) is 0 Å². The van der Waals surface area contributed by atoms with E-state index < -0.39 is 0 Å². The van der Waals surface area contributed by atoms with Crippen molar-refractivity contribution in [3.05, 3.63) is 24.2 Å². The van der Waals surface area contributed by atoms with Gasteiger partial charge in [-0.3, -0.25) is 11.3 Å². The zero-order valence-corrected chi connectivity index (χ0v) is 8.11. The molecule has 78 valence electrons. The molecule has 0 bridgehead atoms. The minimum absolute atomic E-state index is 0.181. The van der Waals surface area contributed by atoms with Gasteiger partial charge in [-0.2, -0.15) is 0 Å². The maximum atomic E-state index is 5.51. The predicted octanol–water partition coefficient (Wildman–Crippen LogP) is 1.21. The summed E-state index contributed by atoms with van der Waals surface area (Å²) in [7, 11) is 0. The Balaban J connectivity index is 1.93. The van der Waals surface area contributed by atoms with E-state index in [0.29, 0.717) is 5.92 Å². The minimum Gasteiger partial charge on any atom is -0.472 e. The molecule has 4 heteroatoms. The fourth-order valence-corrected chi connectivity index (χ4v) is 1.88. The van der Waals surface area contributed by atoms with E-state index in [2.05, 4.69) is 5.43 Å². The number of nitrogens with one attached hydrogen (secondary N) is 1. The van der Waals surface area contributed by atoms with Gasteiger partial charge in [-0.1, -0.05) is 0 Å². The lowest BCUT2D eigenvalue weighted by molar-refractivity contribution is 0.181. The quantitative estimate of drug-likeness (QED) is 0.561. The Morgan fingerprint density at radius 1 is 1.64 bits per heavy atom. The summed E-state index contributed by atoms with van der Waals surface area (Å²) in [6.45, 7) is 1.74. The van der Waals surface area contributed by atoms with Crippen molar-refractivity contribution in [2.75, 3.05) is 13.2 Å². The minimum atomic E-state index is 0.181. The summed E-state index contributed by atoms with van der Waals surface area (Å²) >= 11 is 0. The van der Waals surface area contributed by atoms with Crippen LogP contribution in [-0.4, -0.2) is 13.2 Å². The van der Waals surface area contributed by atoms with E-state index in [4.69, 9.17) is 15.0 Å². The number of hydrogen-bond acceptors (Lipinski definition) is 4. The van der Waals surface area contributed by atoms with Gasteiger partial charge in [0.15, 0.2) is 0 Å². The van der Waals surface area contributed by atoms with Crippen LogP contribution in [-0.2, 0) is 4.74 Å². The molecule has 1 aliphatic rings. The average molecular weight is 196 g/mol. The summed E-state index contributed by atoms with van der Waals surface area (Å²) < 4.78 is 10.4. The Hall–Kier alpha value is -0.840. The van der Waals surface area contributed by atoms with Crippen molar-refractivity contribution in [3.63, 3.8) is 0 Å². The Labute approximate surface area is 83.4 Å². The molecule has 2 rings (SSSR count). The van der Waals surface area contributed by atoms with Crippen molar-refractivity contribution < 1.29 is 9.15 Å². The first-order valence-corrected chi connectivity index (χ1v) is 4.96. The van der Waals surface area contributed by atoms with Gasteiger partial charge in [0.25, 0.3) is 0 Å². The van der Waals surface area contributed by atoms with Crippen LogP contribution in [0.3, 0.4) is 0 Å². The second kappa shape index (κ2) is 4.59. The van der Waals surface area contributed by atoms with Crippen LogP contribution >= 0.6 is 0 Å². The molecule has 0 aliphatic carbocycles. The van der Waals surface area contributed by atoms with Crippen molar-refractivity contribution in [1.82, 2.24) is 5.43 Å². The van der Waals surface area contributed by atoms with Gasteiger partial charge >= 0.3 is 0 Å². The molecule has 1 fully saturated rings. The highest BCUT2D eigenvalue weighted by atomic mass is 16.5. The van der Waals surface area contributed by atoms with Crippen LogP contribution in [0.2, 0.25) is 0 Å². The van der Waals surface area contributed by atoms with Crippen LogP contribution in [0.1, 0.15) is 24.4 Å². The number of nitrogens with two attached hydrogens (primary N) is 1. The standard InChI is InChI=1S/C10H16N2O2/c11-12-10(9-2-4-14-7-9)5-8-1-3-13-6-8/h2,4,7-8,10,12H,1,3,5-6,11H2. The third-order valence-electron chi connectivity index (χ3n) is 2.74. The van der Waals surface area contributed by atoms with Crippen molar-refractivity contribution in [3.8, 4) is 0 Å². The van der Waals surface area contributed by atoms with Crippen LogP contribution < -0.4 is 11.3 Å². The number of rotatable bonds is 4. The van der Waals surface area contributed by atoms with Gasteiger partial charge in [-0.05, 0) is 24.8 Å². The van der Waals surface area contributed by atoms with Crippen molar-refractivity contribution in [2.24, 2.45) is 11.8 Å². The van der Waals surface area contributed by atoms with E-state index in [-0.39, 0.29) is 6.04 Å². The maximum Gasteiger partial charge on any atom is 0.0950 e. The molecule has 0 aromatic carbocycles. The molecule has 1 aliphatic heterocycles. The highest BCUT2D eigenvalue weighted by Gasteiger charge is 2.21. The fraction of sp³-hybridized carbons (Fsp3) is 0.600. The second-order valence-corrected chi connectivity index (χ2v) is 3.74. The largest absolute Gasteiger partial charge is 0.472 e. The highest BCUT2D eigenvalue weighted by molar-refractivity contribution is 5.11. The third-order valence-corrected chi connectivity index (χ3v) is 2.74. The van der Waals surface area contributed by atoms with Crippen molar-refractivity contribution in [1.29, 1.82) is 0 Å². The predicted molar refractivity (Wildman–Crippen MR) is 52.3 cm³/mol. The van der Waals surface area contributed by atoms with E-state index in [1.807, 2.05) is 6.07 Å². The van der Waals surface area contributed by atoms with E-state index in [9.17, 15) is 0 Å². The SMILES string of the molecule is NNC(CC1CCOC1)c1ccoc1. The summed E-state index contributed by atoms with van der Waals surface area (Å²) in [5.41, 5.74) is 3.93. The Morgan fingerprint density at radius 2 is 2.57 bits per heavy atom. The van der Waals surface area contributed by atoms with E-state index in [1.54, 1.807) is 12.5 Å². The first-order valence-electron chi connectivity index (χ1n) is 4.96. The van der Waals surface area contributed by atoms with Crippen LogP contribution in [0, 0.1) is 5.92 Å². The molecule has 1 saturated heterocycles. The summed E-state index contributed by atoms with van der Waals surface area (Å²) in [6, 6.07) is 2.13. The highest BCUT2D eigenvalue weighted by Crippen LogP contribution is 2.25. The van der Waals surface area contributed by atoms with E-state index in [1.165, 1.54) is 0 Å². The average Bonchev–Trinajstić information content (AvgIpc) is 2.86. The van der Waals surface area contributed by atoms with Crippen molar-refractivity contribution in [2.45, 2.75) is 18.9 Å². The molecule has 0 saturated carbocycles. The molecule has 2 heterocycles. The topological polar surface area (TPSA) is 60.4 Å². The molecular weight excluding hydrogens is 180 g/mol. The maximum absolute atomic E-state index is 5.51. The number of ether oxygens (including phenoxy) is 1. The Morgan fingerprint density at radius 3 is 3.14 bits per heavy atom. The lowest BCUT2D eigenvalue weighted by Gasteiger charge is -2.17. The van der Waals surface area contributed by atoms with E-state index >= 15 is 0 Å². The summed E-state index contributed by atoms with van der Waals surface area (Å²) in [6.07, 6.45) is 5.55. The van der Waals surface area contributed by atoms with Gasteiger partial charge in [-0.15, -0.1) is 0 Å². The Kier molecular flexibility index (Phi) is 3.18. The first-order chi connectivity index (χ1) is 6.90. The summed E-state index contributed by atoms with van der Waals surface area (Å²) in [5.74, 6) is 6.13. The van der Waals surface area contributed by atoms with Gasteiger partial charge < -0.3 is 9.15 Å². The van der Waals surface area contributed by atoms with Gasteiger partial charge in [0.05, 0.1) is 12.5 Å². The third kappa shape index (κ3) is 2.15. The number of hydrogen-bond donors (Lipinski definition) is 2. The Bertz CT molecular complexity index is 255. The molecule has 2 atom stereocenters. The smallest absolute Gasteiger partial charge is 0.0950 e. The normalized spacial score (nSPS) is 23.9. The molecular formula is C10H16N2O2. The summed E-state index contributed by atoms with van der Waals surface area (Å²) in [5, 5.41) is 0. The lowest BCUT2D eigenvalue weighted by Crippen LogP contribution is -2.29. The summed E-state index contributed by atoms with van der Waals surface area (Å²) in [4.78, 5) is 0. The zero-order chi connectivity index (χ0) is 9.80. The van der Waals surface area contributed by atoms with Crippen LogP contribution in [0.15, 0.2) is 23.0 Å². The molecule has 3 N–H and O–H groups in total. The van der Waals surface area contributed by atoms with Gasteiger partial charge in [0, 0.05) is 24.8 Å². The molecule has 0 spiro atoms. The zero-order valence-electron chi connectivity index (χ0n) is 8.11. The molecule has 14 heavy (non-hydrogen) atoms. The lowest BCUT2D eigenvalue weighted by atomic mass is 9.96. The van der Waals surface area contributed by atoms with Crippen LogP contribution in [0.4, 0.5) is 0 Å². The number of furan rings is 1. The molecule has 1 aromatic heterocycles. The van der Waals surface area contributed by atoms with E-state index in [0.717, 1.165) is 31.6 Å². The van der Waals surface area contributed by atoms with Gasteiger partial charge in [0.1, 0.15) is 0 Å².